The molecular weight excluding hydrogens is 176 g/mol. The lowest BCUT2D eigenvalue weighted by Crippen LogP contribution is -1.99. The summed E-state index contributed by atoms with van der Waals surface area (Å²) in [5.74, 6) is 0.512. The van der Waals surface area contributed by atoms with Gasteiger partial charge in [0.1, 0.15) is 10.5 Å². The largest absolute Gasteiger partial charge is 0.427 e. The van der Waals surface area contributed by atoms with E-state index in [1.165, 1.54) is 5.56 Å². The number of benzene rings is 1. The smallest absolute Gasteiger partial charge is 0.145 e. The van der Waals surface area contributed by atoms with Crippen molar-refractivity contribution in [2.75, 3.05) is 6.61 Å². The molecule has 0 N–H and O–H groups in total. The van der Waals surface area contributed by atoms with Crippen LogP contribution in [0.5, 0.6) is 0 Å². The summed E-state index contributed by atoms with van der Waals surface area (Å²) in [7, 11) is 0.830. The summed E-state index contributed by atoms with van der Waals surface area (Å²) < 4.78 is 5.18. The van der Waals surface area contributed by atoms with Crippen molar-refractivity contribution in [3.05, 3.63) is 42.0 Å². The molecule has 0 fully saturated rings. The minimum Gasteiger partial charge on any atom is -0.427 e. The first-order valence-corrected chi connectivity index (χ1v) is 5.37. The van der Waals surface area contributed by atoms with Crippen molar-refractivity contribution in [1.82, 2.24) is 0 Å². The highest BCUT2D eigenvalue weighted by atomic mass is 28.2. The zero-order valence-corrected chi connectivity index (χ0v) is 10.2. The van der Waals surface area contributed by atoms with Crippen LogP contribution in [0.15, 0.2) is 36.4 Å². The second kappa shape index (κ2) is 5.73. The Morgan fingerprint density at radius 1 is 1.38 bits per heavy atom. The van der Waals surface area contributed by atoms with Crippen molar-refractivity contribution >= 4 is 16.6 Å². The number of hydrogen-bond acceptors (Lipinski definition) is 1. The van der Waals surface area contributed by atoms with Crippen LogP contribution in [0.3, 0.4) is 0 Å². The van der Waals surface area contributed by atoms with E-state index in [9.17, 15) is 0 Å². The fraction of sp³-hybridized carbons (Fsp3) is 0.273. The van der Waals surface area contributed by atoms with Crippen molar-refractivity contribution in [1.29, 1.82) is 0 Å². The normalized spacial score (nSPS) is 13.6. The van der Waals surface area contributed by atoms with Crippen LogP contribution in [0.4, 0.5) is 0 Å². The van der Waals surface area contributed by atoms with Gasteiger partial charge >= 0.3 is 0 Å². The van der Waals surface area contributed by atoms with Crippen LogP contribution in [0.2, 0.25) is 0 Å². The third-order valence-electron chi connectivity index (χ3n) is 1.85. The predicted molar refractivity (Wildman–Crippen MR) is 60.5 cm³/mol. The minimum absolute atomic E-state index is 0.512. The van der Waals surface area contributed by atoms with E-state index in [-0.39, 0.29) is 0 Å². The molecule has 0 saturated heterocycles. The first kappa shape index (κ1) is 10.2. The van der Waals surface area contributed by atoms with E-state index in [2.05, 4.69) is 31.2 Å². The molecule has 0 amide bonds. The molecule has 0 bridgehead atoms. The molecule has 70 valence electrons. The topological polar surface area (TPSA) is 9.23 Å². The van der Waals surface area contributed by atoms with Crippen LogP contribution < -0.4 is 0 Å². The Balaban J connectivity index is 2.49. The van der Waals surface area contributed by atoms with Gasteiger partial charge in [0.2, 0.25) is 0 Å². The molecule has 0 aliphatic rings. The SMILES string of the molecule is CC(C=Cc1ccccc1)CO[SiH3]. The highest BCUT2D eigenvalue weighted by molar-refractivity contribution is 5.97. The summed E-state index contributed by atoms with van der Waals surface area (Å²) in [5, 5.41) is 0. The molecule has 1 atom stereocenters. The Bertz CT molecular complexity index is 256. The third kappa shape index (κ3) is 4.06. The van der Waals surface area contributed by atoms with Gasteiger partial charge < -0.3 is 4.43 Å². The third-order valence-corrected chi connectivity index (χ3v) is 2.18. The van der Waals surface area contributed by atoms with E-state index in [1.807, 2.05) is 18.2 Å². The summed E-state index contributed by atoms with van der Waals surface area (Å²) in [5.41, 5.74) is 1.25. The quantitative estimate of drug-likeness (QED) is 0.659. The van der Waals surface area contributed by atoms with Gasteiger partial charge in [-0.15, -0.1) is 0 Å². The zero-order valence-electron chi connectivity index (χ0n) is 8.23. The summed E-state index contributed by atoms with van der Waals surface area (Å²) in [4.78, 5) is 0. The molecule has 0 aliphatic carbocycles. The lowest BCUT2D eigenvalue weighted by molar-refractivity contribution is 0.312. The van der Waals surface area contributed by atoms with E-state index in [4.69, 9.17) is 4.43 Å². The van der Waals surface area contributed by atoms with Gasteiger partial charge in [-0.3, -0.25) is 0 Å². The number of hydrogen-bond donors (Lipinski definition) is 0. The van der Waals surface area contributed by atoms with Gasteiger partial charge in [-0.2, -0.15) is 0 Å². The fourth-order valence-corrected chi connectivity index (χ4v) is 1.68. The van der Waals surface area contributed by atoms with E-state index in [1.54, 1.807) is 0 Å². The zero-order chi connectivity index (χ0) is 9.52. The van der Waals surface area contributed by atoms with E-state index >= 15 is 0 Å². The molecule has 0 aliphatic heterocycles. The minimum atomic E-state index is 0.512. The van der Waals surface area contributed by atoms with Gasteiger partial charge in [-0.05, 0) is 11.5 Å². The van der Waals surface area contributed by atoms with E-state index in [0.717, 1.165) is 17.1 Å². The van der Waals surface area contributed by atoms with Gasteiger partial charge in [0, 0.05) is 6.61 Å². The van der Waals surface area contributed by atoms with Crippen LogP contribution in [0.25, 0.3) is 6.08 Å². The van der Waals surface area contributed by atoms with Crippen molar-refractivity contribution in [2.24, 2.45) is 5.92 Å². The highest BCUT2D eigenvalue weighted by Crippen LogP contribution is 2.05. The van der Waals surface area contributed by atoms with Gasteiger partial charge in [0.05, 0.1) is 0 Å². The lowest BCUT2D eigenvalue weighted by Gasteiger charge is -2.03. The molecule has 0 aromatic heterocycles. The summed E-state index contributed by atoms with van der Waals surface area (Å²) in [6, 6.07) is 10.3. The second-order valence-corrected chi connectivity index (χ2v) is 3.78. The molecule has 0 spiro atoms. The van der Waals surface area contributed by atoms with E-state index in [0.29, 0.717) is 5.92 Å². The van der Waals surface area contributed by atoms with Crippen molar-refractivity contribution < 1.29 is 4.43 Å². The summed E-state index contributed by atoms with van der Waals surface area (Å²) in [6.45, 7) is 3.01. The summed E-state index contributed by atoms with van der Waals surface area (Å²) in [6.07, 6.45) is 4.33. The maximum absolute atomic E-state index is 5.18. The molecule has 0 saturated carbocycles. The molecule has 13 heavy (non-hydrogen) atoms. The predicted octanol–water partition coefficient (Wildman–Crippen LogP) is 1.63. The molecule has 0 radical (unpaired) electrons. The van der Waals surface area contributed by atoms with Gasteiger partial charge in [0.15, 0.2) is 0 Å². The Kier molecular flexibility index (Phi) is 4.50. The summed E-state index contributed by atoms with van der Waals surface area (Å²) >= 11 is 0. The molecular formula is C11H16OSi. The van der Waals surface area contributed by atoms with Crippen molar-refractivity contribution in [3.63, 3.8) is 0 Å². The van der Waals surface area contributed by atoms with Crippen molar-refractivity contribution in [3.8, 4) is 0 Å². The highest BCUT2D eigenvalue weighted by Gasteiger charge is 1.93. The Morgan fingerprint density at radius 3 is 2.69 bits per heavy atom. The molecule has 1 aromatic carbocycles. The van der Waals surface area contributed by atoms with Gasteiger partial charge in [-0.1, -0.05) is 49.4 Å². The molecule has 1 rings (SSSR count). The van der Waals surface area contributed by atoms with Crippen LogP contribution in [-0.4, -0.2) is 17.1 Å². The monoisotopic (exact) mass is 192 g/mol. The maximum atomic E-state index is 5.18. The Hall–Kier alpha value is -0.863. The van der Waals surface area contributed by atoms with Crippen LogP contribution in [0, 0.1) is 5.92 Å². The number of rotatable bonds is 4. The molecule has 1 unspecified atom stereocenters. The average molecular weight is 192 g/mol. The first-order valence-electron chi connectivity index (χ1n) is 4.55. The average Bonchev–Trinajstić information content (AvgIpc) is 2.17. The van der Waals surface area contributed by atoms with Crippen LogP contribution >= 0.6 is 0 Å². The van der Waals surface area contributed by atoms with Gasteiger partial charge in [0.25, 0.3) is 0 Å². The first-order chi connectivity index (χ1) is 6.33. The molecule has 1 nitrogen and oxygen atoms in total. The van der Waals surface area contributed by atoms with Gasteiger partial charge in [-0.25, -0.2) is 0 Å². The Morgan fingerprint density at radius 2 is 2.08 bits per heavy atom. The second-order valence-electron chi connectivity index (χ2n) is 3.20. The lowest BCUT2D eigenvalue weighted by atomic mass is 10.1. The Labute approximate surface area is 83.0 Å². The standard InChI is InChI=1S/C11H16OSi/c1-10(9-12-13)7-8-11-5-3-2-4-6-11/h2-8,10H,9H2,1,13H3. The maximum Gasteiger partial charge on any atom is 0.145 e. The van der Waals surface area contributed by atoms with Crippen LogP contribution in [-0.2, 0) is 4.43 Å². The fourth-order valence-electron chi connectivity index (χ4n) is 1.16. The van der Waals surface area contributed by atoms with Crippen molar-refractivity contribution in [2.45, 2.75) is 6.92 Å². The molecule has 0 heterocycles. The molecule has 2 heteroatoms. The molecule has 1 aromatic rings. The van der Waals surface area contributed by atoms with E-state index < -0.39 is 0 Å². The van der Waals surface area contributed by atoms with Crippen LogP contribution in [0.1, 0.15) is 12.5 Å².